The summed E-state index contributed by atoms with van der Waals surface area (Å²) in [7, 11) is 0. The van der Waals surface area contributed by atoms with E-state index in [2.05, 4.69) is 51.8 Å². The van der Waals surface area contributed by atoms with Gasteiger partial charge < -0.3 is 9.64 Å². The molecule has 130 valence electrons. The fourth-order valence-electron chi connectivity index (χ4n) is 1.96. The molecular formula is C17H34N2O2S. The van der Waals surface area contributed by atoms with Crippen molar-refractivity contribution in [3.8, 4) is 0 Å². The maximum Gasteiger partial charge on any atom is 0.410 e. The Bertz CT molecular complexity index is 359. The van der Waals surface area contributed by atoms with Crippen molar-refractivity contribution in [2.45, 2.75) is 79.0 Å². The predicted molar refractivity (Wildman–Crippen MR) is 97.2 cm³/mol. The van der Waals surface area contributed by atoms with Crippen molar-refractivity contribution in [3.63, 3.8) is 0 Å². The van der Waals surface area contributed by atoms with Crippen LogP contribution in [0, 0.1) is 5.41 Å². The smallest absolute Gasteiger partial charge is 0.410 e. The van der Waals surface area contributed by atoms with Gasteiger partial charge in [-0.2, -0.15) is 0 Å². The van der Waals surface area contributed by atoms with Crippen LogP contribution in [0.4, 0.5) is 4.79 Å². The van der Waals surface area contributed by atoms with E-state index in [1.807, 2.05) is 31.7 Å². The highest BCUT2D eigenvalue weighted by atomic mass is 32.1. The van der Waals surface area contributed by atoms with E-state index in [9.17, 15) is 4.79 Å². The molecule has 0 radical (unpaired) electrons. The fraction of sp³-hybridized carbons (Fsp3) is 0.824. The minimum atomic E-state index is -0.491. The third-order valence-electron chi connectivity index (χ3n) is 3.70. The number of carbonyl (C=O) groups excluding carboxylic acids is 1. The van der Waals surface area contributed by atoms with Gasteiger partial charge in [0.1, 0.15) is 5.60 Å². The lowest BCUT2D eigenvalue weighted by atomic mass is 9.87. The zero-order valence-corrected chi connectivity index (χ0v) is 16.2. The average Bonchev–Trinajstić information content (AvgIpc) is 2.34. The SMILES string of the molecule is C=CCC(CCN(C(=O)OC(C)(C)C)C(C)C(C)(C)C)NS. The minimum absolute atomic E-state index is 0.0147. The molecule has 1 N–H and O–H groups in total. The van der Waals surface area contributed by atoms with Gasteiger partial charge in [-0.3, -0.25) is 4.72 Å². The summed E-state index contributed by atoms with van der Waals surface area (Å²) in [5, 5.41) is 0. The van der Waals surface area contributed by atoms with Gasteiger partial charge in [0.25, 0.3) is 0 Å². The summed E-state index contributed by atoms with van der Waals surface area (Å²) in [6, 6.07) is 0.268. The van der Waals surface area contributed by atoms with E-state index in [0.29, 0.717) is 6.54 Å². The van der Waals surface area contributed by atoms with E-state index in [0.717, 1.165) is 12.8 Å². The number of amides is 1. The number of thiol groups is 1. The standard InChI is InChI=1S/C17H34N2O2S/c1-9-10-14(18-22)11-12-19(13(2)16(3,4)5)15(20)21-17(6,7)8/h9,13-14,18,22H,1,10-12H2,2-8H3. The minimum Gasteiger partial charge on any atom is -0.444 e. The lowest BCUT2D eigenvalue weighted by Crippen LogP contribution is -2.48. The highest BCUT2D eigenvalue weighted by Crippen LogP contribution is 2.26. The summed E-state index contributed by atoms with van der Waals surface area (Å²) in [5.74, 6) is 0. The van der Waals surface area contributed by atoms with Gasteiger partial charge in [0, 0.05) is 18.6 Å². The van der Waals surface area contributed by atoms with Crippen molar-refractivity contribution in [3.05, 3.63) is 12.7 Å². The van der Waals surface area contributed by atoms with Crippen molar-refractivity contribution in [1.82, 2.24) is 9.62 Å². The van der Waals surface area contributed by atoms with Crippen LogP contribution < -0.4 is 4.72 Å². The number of carbonyl (C=O) groups is 1. The number of nitrogens with zero attached hydrogens (tertiary/aromatic N) is 1. The Morgan fingerprint density at radius 1 is 1.32 bits per heavy atom. The van der Waals surface area contributed by atoms with E-state index in [-0.39, 0.29) is 23.6 Å². The first kappa shape index (κ1) is 21.3. The topological polar surface area (TPSA) is 41.6 Å². The van der Waals surface area contributed by atoms with Gasteiger partial charge in [-0.05, 0) is 46.0 Å². The summed E-state index contributed by atoms with van der Waals surface area (Å²) in [4.78, 5) is 14.4. The molecule has 2 unspecified atom stereocenters. The Hall–Kier alpha value is -0.680. The van der Waals surface area contributed by atoms with Gasteiger partial charge in [-0.25, -0.2) is 4.79 Å². The molecular weight excluding hydrogens is 296 g/mol. The Kier molecular flexibility index (Phi) is 8.55. The second kappa shape index (κ2) is 8.82. The van der Waals surface area contributed by atoms with Crippen molar-refractivity contribution >= 4 is 18.9 Å². The van der Waals surface area contributed by atoms with Gasteiger partial charge in [0.2, 0.25) is 0 Å². The molecule has 5 heteroatoms. The van der Waals surface area contributed by atoms with Crippen molar-refractivity contribution in [1.29, 1.82) is 0 Å². The number of hydrogen-bond acceptors (Lipinski definition) is 4. The molecule has 0 fully saturated rings. The quantitative estimate of drug-likeness (QED) is 0.536. The molecule has 4 nitrogen and oxygen atoms in total. The molecule has 0 spiro atoms. The van der Waals surface area contributed by atoms with Crippen LogP contribution in [-0.2, 0) is 4.74 Å². The zero-order valence-electron chi connectivity index (χ0n) is 15.3. The van der Waals surface area contributed by atoms with Gasteiger partial charge in [0.05, 0.1) is 0 Å². The lowest BCUT2D eigenvalue weighted by Gasteiger charge is -2.39. The first-order chi connectivity index (χ1) is 9.92. The molecule has 0 aliphatic heterocycles. The van der Waals surface area contributed by atoms with E-state index in [4.69, 9.17) is 4.74 Å². The van der Waals surface area contributed by atoms with E-state index < -0.39 is 5.60 Å². The molecule has 0 aromatic rings. The van der Waals surface area contributed by atoms with E-state index in [1.165, 1.54) is 0 Å². The predicted octanol–water partition coefficient (Wildman–Crippen LogP) is 4.43. The number of hydrogen-bond donors (Lipinski definition) is 2. The van der Waals surface area contributed by atoms with Crippen molar-refractivity contribution < 1.29 is 9.53 Å². The summed E-state index contributed by atoms with van der Waals surface area (Å²) < 4.78 is 8.54. The molecule has 1 amide bonds. The van der Waals surface area contributed by atoms with Crippen LogP contribution in [0.2, 0.25) is 0 Å². The molecule has 0 aliphatic rings. The van der Waals surface area contributed by atoms with Crippen LogP contribution >= 0.6 is 12.8 Å². The number of ether oxygens (including phenoxy) is 1. The molecule has 0 aromatic heterocycles. The van der Waals surface area contributed by atoms with Crippen molar-refractivity contribution in [2.75, 3.05) is 6.54 Å². The van der Waals surface area contributed by atoms with Gasteiger partial charge in [-0.15, -0.1) is 6.58 Å². The highest BCUT2D eigenvalue weighted by molar-refractivity contribution is 7.78. The molecule has 0 aromatic carbocycles. The zero-order chi connectivity index (χ0) is 17.6. The van der Waals surface area contributed by atoms with Crippen LogP contribution in [0.1, 0.15) is 61.3 Å². The molecule has 0 saturated carbocycles. The summed E-state index contributed by atoms with van der Waals surface area (Å²) in [5.41, 5.74) is -0.505. The first-order valence-electron chi connectivity index (χ1n) is 7.92. The molecule has 0 heterocycles. The fourth-order valence-corrected chi connectivity index (χ4v) is 2.20. The monoisotopic (exact) mass is 330 g/mol. The molecule has 22 heavy (non-hydrogen) atoms. The number of nitrogens with one attached hydrogen (secondary N) is 1. The maximum absolute atomic E-state index is 12.5. The van der Waals surface area contributed by atoms with Crippen LogP contribution in [0.25, 0.3) is 0 Å². The van der Waals surface area contributed by atoms with Gasteiger partial charge in [0.15, 0.2) is 0 Å². The lowest BCUT2D eigenvalue weighted by molar-refractivity contribution is 0.00448. The van der Waals surface area contributed by atoms with E-state index in [1.54, 1.807) is 0 Å². The normalized spacial score (nSPS) is 15.1. The number of rotatable bonds is 7. The van der Waals surface area contributed by atoms with Crippen LogP contribution in [0.3, 0.4) is 0 Å². The molecule has 0 bridgehead atoms. The second-order valence-corrected chi connectivity index (χ2v) is 8.11. The Balaban J connectivity index is 5.01. The second-order valence-electron chi connectivity index (χ2n) is 7.85. The molecule has 2 atom stereocenters. The summed E-state index contributed by atoms with van der Waals surface area (Å²) in [6.07, 6.45) is 3.22. The largest absolute Gasteiger partial charge is 0.444 e. The maximum atomic E-state index is 12.5. The summed E-state index contributed by atoms with van der Waals surface area (Å²) in [6.45, 7) is 18.5. The van der Waals surface area contributed by atoms with Crippen LogP contribution in [-0.4, -0.2) is 35.2 Å². The van der Waals surface area contributed by atoms with Crippen molar-refractivity contribution in [2.24, 2.45) is 5.41 Å². The average molecular weight is 331 g/mol. The Morgan fingerprint density at radius 2 is 1.86 bits per heavy atom. The van der Waals surface area contributed by atoms with Crippen LogP contribution in [0.15, 0.2) is 12.7 Å². The van der Waals surface area contributed by atoms with Crippen LogP contribution in [0.5, 0.6) is 0 Å². The Labute approximate surface area is 142 Å². The Morgan fingerprint density at radius 3 is 2.23 bits per heavy atom. The third kappa shape index (κ3) is 8.08. The highest BCUT2D eigenvalue weighted by Gasteiger charge is 2.32. The molecule has 0 rings (SSSR count). The third-order valence-corrected chi connectivity index (χ3v) is 4.07. The molecule has 0 aliphatic carbocycles. The first-order valence-corrected chi connectivity index (χ1v) is 8.37. The van der Waals surface area contributed by atoms with Gasteiger partial charge >= 0.3 is 6.09 Å². The molecule has 0 saturated heterocycles. The van der Waals surface area contributed by atoms with E-state index >= 15 is 0 Å². The van der Waals surface area contributed by atoms with Gasteiger partial charge in [-0.1, -0.05) is 39.7 Å². The summed E-state index contributed by atoms with van der Waals surface area (Å²) >= 11 is 4.15.